The standard InChI is InChI=1S/C19H22N4O3S/c1-4-17-21-14(11-27-17)12(3)20-16(24)10-23-15-9-7-6-8-13(15)18(25)22(5-2)19(23)26/h6-9,11-12H,4-5,10H2,1-3H3,(H,20,24). The van der Waals surface area contributed by atoms with E-state index >= 15 is 0 Å². The average Bonchev–Trinajstić information content (AvgIpc) is 3.15. The van der Waals surface area contributed by atoms with Crippen LogP contribution >= 0.6 is 11.3 Å². The highest BCUT2D eigenvalue weighted by molar-refractivity contribution is 7.09. The second-order valence-electron chi connectivity index (χ2n) is 6.24. The van der Waals surface area contributed by atoms with Gasteiger partial charge in [-0.2, -0.15) is 0 Å². The molecule has 142 valence electrons. The van der Waals surface area contributed by atoms with E-state index in [9.17, 15) is 14.4 Å². The van der Waals surface area contributed by atoms with E-state index in [4.69, 9.17) is 0 Å². The van der Waals surface area contributed by atoms with Gasteiger partial charge in [0.15, 0.2) is 0 Å². The van der Waals surface area contributed by atoms with Crippen LogP contribution in [0, 0.1) is 0 Å². The van der Waals surface area contributed by atoms with E-state index in [1.165, 1.54) is 4.57 Å². The van der Waals surface area contributed by atoms with E-state index in [2.05, 4.69) is 10.3 Å². The smallest absolute Gasteiger partial charge is 0.331 e. The Balaban J connectivity index is 1.91. The van der Waals surface area contributed by atoms with Gasteiger partial charge in [0, 0.05) is 11.9 Å². The van der Waals surface area contributed by atoms with Crippen molar-refractivity contribution in [2.24, 2.45) is 0 Å². The van der Waals surface area contributed by atoms with Crippen LogP contribution in [0.5, 0.6) is 0 Å². The van der Waals surface area contributed by atoms with Gasteiger partial charge in [0.2, 0.25) is 5.91 Å². The quantitative estimate of drug-likeness (QED) is 0.703. The summed E-state index contributed by atoms with van der Waals surface area (Å²) >= 11 is 1.56. The van der Waals surface area contributed by atoms with Crippen molar-refractivity contribution in [1.82, 2.24) is 19.4 Å². The zero-order valence-electron chi connectivity index (χ0n) is 15.6. The third-order valence-corrected chi connectivity index (χ3v) is 5.45. The first-order valence-electron chi connectivity index (χ1n) is 8.92. The van der Waals surface area contributed by atoms with Crippen LogP contribution in [0.3, 0.4) is 0 Å². The van der Waals surface area contributed by atoms with Gasteiger partial charge in [0.1, 0.15) is 6.54 Å². The lowest BCUT2D eigenvalue weighted by molar-refractivity contribution is -0.122. The Morgan fingerprint density at radius 3 is 2.63 bits per heavy atom. The van der Waals surface area contributed by atoms with Crippen molar-refractivity contribution in [3.05, 3.63) is 61.2 Å². The van der Waals surface area contributed by atoms with Crippen molar-refractivity contribution in [2.45, 2.75) is 46.3 Å². The predicted molar refractivity (Wildman–Crippen MR) is 106 cm³/mol. The number of rotatable bonds is 6. The fourth-order valence-electron chi connectivity index (χ4n) is 2.99. The minimum atomic E-state index is -0.481. The van der Waals surface area contributed by atoms with Crippen LogP contribution < -0.4 is 16.6 Å². The number of nitrogens with one attached hydrogen (secondary N) is 1. The predicted octanol–water partition coefficient (Wildman–Crippen LogP) is 2.08. The third-order valence-electron chi connectivity index (χ3n) is 4.44. The molecule has 27 heavy (non-hydrogen) atoms. The first-order chi connectivity index (χ1) is 13.0. The minimum absolute atomic E-state index is 0.158. The highest BCUT2D eigenvalue weighted by Crippen LogP contribution is 2.17. The Morgan fingerprint density at radius 1 is 1.22 bits per heavy atom. The zero-order valence-corrected chi connectivity index (χ0v) is 16.4. The SMILES string of the molecule is CCc1nc(C(C)NC(=O)Cn2c(=O)n(CC)c(=O)c3ccccc32)cs1. The number of aromatic nitrogens is 3. The first-order valence-corrected chi connectivity index (χ1v) is 9.80. The second-order valence-corrected chi connectivity index (χ2v) is 7.19. The topological polar surface area (TPSA) is 86.0 Å². The molecule has 3 aromatic rings. The van der Waals surface area contributed by atoms with E-state index in [0.29, 0.717) is 10.9 Å². The van der Waals surface area contributed by atoms with Gasteiger partial charge in [-0.25, -0.2) is 9.78 Å². The Kier molecular flexibility index (Phi) is 5.55. The van der Waals surface area contributed by atoms with Crippen molar-refractivity contribution < 1.29 is 4.79 Å². The minimum Gasteiger partial charge on any atom is -0.346 e. The summed E-state index contributed by atoms with van der Waals surface area (Å²) < 4.78 is 2.49. The molecule has 7 nitrogen and oxygen atoms in total. The van der Waals surface area contributed by atoms with Gasteiger partial charge in [0.05, 0.1) is 27.6 Å². The highest BCUT2D eigenvalue weighted by Gasteiger charge is 2.17. The molecule has 0 aliphatic carbocycles. The lowest BCUT2D eigenvalue weighted by Gasteiger charge is -2.15. The van der Waals surface area contributed by atoms with Gasteiger partial charge >= 0.3 is 5.69 Å². The average molecular weight is 386 g/mol. The molecule has 3 rings (SSSR count). The zero-order chi connectivity index (χ0) is 19.6. The molecule has 0 spiro atoms. The monoisotopic (exact) mass is 386 g/mol. The number of fused-ring (bicyclic) bond motifs is 1. The van der Waals surface area contributed by atoms with Gasteiger partial charge in [-0.15, -0.1) is 11.3 Å². The number of thiazole rings is 1. The fourth-order valence-corrected chi connectivity index (χ4v) is 3.83. The molecular formula is C19H22N4O3S. The van der Waals surface area contributed by atoms with E-state index in [1.807, 2.05) is 19.2 Å². The van der Waals surface area contributed by atoms with Crippen molar-refractivity contribution in [3.8, 4) is 0 Å². The molecule has 1 aromatic carbocycles. The number of para-hydroxylation sites is 1. The van der Waals surface area contributed by atoms with Crippen molar-refractivity contribution in [2.75, 3.05) is 0 Å². The summed E-state index contributed by atoms with van der Waals surface area (Å²) in [6, 6.07) is 6.59. The Labute approximate surface area is 160 Å². The summed E-state index contributed by atoms with van der Waals surface area (Å²) in [7, 11) is 0. The van der Waals surface area contributed by atoms with Crippen LogP contribution in [-0.4, -0.2) is 20.0 Å². The van der Waals surface area contributed by atoms with Crippen molar-refractivity contribution >= 4 is 28.1 Å². The Bertz CT molecular complexity index is 1100. The molecule has 8 heteroatoms. The number of carbonyl (C=O) groups excluding carboxylic acids is 1. The number of aryl methyl sites for hydroxylation is 1. The van der Waals surface area contributed by atoms with Crippen LogP contribution in [0.1, 0.15) is 37.5 Å². The lowest BCUT2D eigenvalue weighted by Crippen LogP contribution is -2.42. The largest absolute Gasteiger partial charge is 0.346 e. The van der Waals surface area contributed by atoms with E-state index in [0.717, 1.165) is 21.7 Å². The molecule has 0 radical (unpaired) electrons. The van der Waals surface area contributed by atoms with Gasteiger partial charge in [-0.3, -0.25) is 18.7 Å². The highest BCUT2D eigenvalue weighted by atomic mass is 32.1. The van der Waals surface area contributed by atoms with Gasteiger partial charge < -0.3 is 5.32 Å². The molecule has 2 heterocycles. The molecule has 0 saturated heterocycles. The van der Waals surface area contributed by atoms with Crippen LogP contribution in [-0.2, 0) is 24.3 Å². The number of nitrogens with zero attached hydrogens (tertiary/aromatic N) is 3. The van der Waals surface area contributed by atoms with Crippen LogP contribution in [0.2, 0.25) is 0 Å². The lowest BCUT2D eigenvalue weighted by atomic mass is 10.2. The summed E-state index contributed by atoms with van der Waals surface area (Å²) in [6.07, 6.45) is 0.852. The third kappa shape index (κ3) is 3.71. The molecule has 1 N–H and O–H groups in total. The van der Waals surface area contributed by atoms with Crippen LogP contribution in [0.4, 0.5) is 0 Å². The normalized spacial score (nSPS) is 12.3. The summed E-state index contributed by atoms with van der Waals surface area (Å²) in [5, 5.41) is 6.26. The number of benzene rings is 1. The Hall–Kier alpha value is -2.74. The number of amides is 1. The molecule has 0 bridgehead atoms. The van der Waals surface area contributed by atoms with Gasteiger partial charge in [-0.1, -0.05) is 19.1 Å². The molecule has 1 atom stereocenters. The van der Waals surface area contributed by atoms with Crippen LogP contribution in [0.15, 0.2) is 39.2 Å². The number of hydrogen-bond donors (Lipinski definition) is 1. The van der Waals surface area contributed by atoms with Crippen LogP contribution in [0.25, 0.3) is 10.9 Å². The maximum absolute atomic E-state index is 12.7. The van der Waals surface area contributed by atoms with E-state index in [-0.39, 0.29) is 30.6 Å². The maximum Gasteiger partial charge on any atom is 0.331 e. The van der Waals surface area contributed by atoms with E-state index in [1.54, 1.807) is 42.5 Å². The molecule has 2 aromatic heterocycles. The Morgan fingerprint density at radius 2 is 1.96 bits per heavy atom. The summed E-state index contributed by atoms with van der Waals surface area (Å²) in [5.74, 6) is -0.304. The molecule has 1 amide bonds. The van der Waals surface area contributed by atoms with Gasteiger partial charge in [-0.05, 0) is 32.4 Å². The molecular weight excluding hydrogens is 364 g/mol. The number of hydrogen-bond acceptors (Lipinski definition) is 5. The molecule has 0 fully saturated rings. The van der Waals surface area contributed by atoms with Crippen molar-refractivity contribution in [1.29, 1.82) is 0 Å². The van der Waals surface area contributed by atoms with Gasteiger partial charge in [0.25, 0.3) is 5.56 Å². The molecule has 0 aliphatic rings. The maximum atomic E-state index is 12.7. The van der Waals surface area contributed by atoms with E-state index < -0.39 is 5.69 Å². The van der Waals surface area contributed by atoms with Crippen molar-refractivity contribution in [3.63, 3.8) is 0 Å². The first kappa shape index (κ1) is 19.0. The summed E-state index contributed by atoms with van der Waals surface area (Å²) in [4.78, 5) is 42.2. The second kappa shape index (κ2) is 7.87. The fraction of sp³-hybridized carbons (Fsp3) is 0.368. The molecule has 0 aliphatic heterocycles. The molecule has 1 unspecified atom stereocenters. The summed E-state index contributed by atoms with van der Waals surface area (Å²) in [6.45, 7) is 5.72. The molecule has 0 saturated carbocycles. The summed E-state index contributed by atoms with van der Waals surface area (Å²) in [5.41, 5.74) is 0.450. The number of carbonyl (C=O) groups is 1.